The lowest BCUT2D eigenvalue weighted by Gasteiger charge is -2.25. The molecule has 0 radical (unpaired) electrons. The zero-order valence-electron chi connectivity index (χ0n) is 18.9. The molecule has 0 spiro atoms. The van der Waals surface area contributed by atoms with E-state index in [1.165, 1.54) is 48.5 Å². The third-order valence-corrected chi connectivity index (χ3v) is 5.99. The normalized spacial score (nSPS) is 13.4. The lowest BCUT2D eigenvalue weighted by atomic mass is 9.95. The first-order valence-electron chi connectivity index (χ1n) is 11.2. The van der Waals surface area contributed by atoms with E-state index in [9.17, 15) is 31.9 Å². The molecule has 8 heteroatoms. The van der Waals surface area contributed by atoms with Gasteiger partial charge in [-0.2, -0.15) is 13.2 Å². The summed E-state index contributed by atoms with van der Waals surface area (Å²) >= 11 is 0. The number of hydrogen-bond donors (Lipinski definition) is 2. The van der Waals surface area contributed by atoms with Gasteiger partial charge in [-0.1, -0.05) is 54.6 Å². The van der Waals surface area contributed by atoms with Gasteiger partial charge in [-0.25, -0.2) is 8.78 Å². The van der Waals surface area contributed by atoms with Crippen LogP contribution in [-0.2, 0) is 23.8 Å². The van der Waals surface area contributed by atoms with Crippen molar-refractivity contribution in [3.63, 3.8) is 0 Å². The molecule has 1 amide bonds. The summed E-state index contributed by atoms with van der Waals surface area (Å²) < 4.78 is 66.3. The lowest BCUT2D eigenvalue weighted by molar-refractivity contribution is -0.137. The number of carbonyl (C=O) groups is 1. The van der Waals surface area contributed by atoms with Gasteiger partial charge in [0.2, 0.25) is 5.91 Å². The molecule has 4 aromatic rings. The van der Waals surface area contributed by atoms with Crippen LogP contribution in [0.5, 0.6) is 0 Å². The van der Waals surface area contributed by atoms with Crippen LogP contribution in [0.3, 0.4) is 0 Å². The fourth-order valence-electron chi connectivity index (χ4n) is 4.13. The molecule has 0 fully saturated rings. The molecule has 186 valence electrons. The number of benzene rings is 4. The monoisotopic (exact) mass is 499 g/mol. The first-order chi connectivity index (χ1) is 17.1. The van der Waals surface area contributed by atoms with Crippen LogP contribution in [0.15, 0.2) is 84.9 Å². The number of nitrogens with one attached hydrogen (secondary N) is 1. The molecule has 0 saturated heterocycles. The Balaban J connectivity index is 1.58. The topological polar surface area (TPSA) is 49.3 Å². The van der Waals surface area contributed by atoms with Gasteiger partial charge in [-0.05, 0) is 58.8 Å². The Bertz CT molecular complexity index is 1350. The smallest absolute Gasteiger partial charge is 0.386 e. The van der Waals surface area contributed by atoms with Crippen LogP contribution >= 0.6 is 0 Å². The van der Waals surface area contributed by atoms with E-state index in [0.29, 0.717) is 27.5 Å². The Morgan fingerprint density at radius 2 is 1.47 bits per heavy atom. The van der Waals surface area contributed by atoms with Crippen molar-refractivity contribution in [3.8, 4) is 0 Å². The predicted molar refractivity (Wildman–Crippen MR) is 126 cm³/mol. The second kappa shape index (κ2) is 10.5. The summed E-state index contributed by atoms with van der Waals surface area (Å²) in [5.74, 6) is -1.39. The third-order valence-electron chi connectivity index (χ3n) is 5.99. The fraction of sp³-hybridized carbons (Fsp3) is 0.179. The summed E-state index contributed by atoms with van der Waals surface area (Å²) in [6.07, 6.45) is -5.84. The average molecular weight is 499 g/mol. The average Bonchev–Trinajstić information content (AvgIpc) is 2.85. The Kier molecular flexibility index (Phi) is 7.35. The fourth-order valence-corrected chi connectivity index (χ4v) is 4.13. The summed E-state index contributed by atoms with van der Waals surface area (Å²) in [5.41, 5.74) is 0.561. The van der Waals surface area contributed by atoms with E-state index in [-0.39, 0.29) is 12.8 Å². The van der Waals surface area contributed by atoms with Crippen LogP contribution in [0.1, 0.15) is 28.4 Å². The molecule has 0 aromatic heterocycles. The number of amides is 1. The summed E-state index contributed by atoms with van der Waals surface area (Å²) in [6, 6.07) is 18.1. The Morgan fingerprint density at radius 3 is 2.11 bits per heavy atom. The van der Waals surface area contributed by atoms with Crippen molar-refractivity contribution in [2.24, 2.45) is 0 Å². The van der Waals surface area contributed by atoms with Crippen LogP contribution in [0, 0.1) is 11.6 Å². The molecule has 4 aromatic carbocycles. The van der Waals surface area contributed by atoms with E-state index in [1.54, 1.807) is 24.3 Å². The minimum atomic E-state index is -4.49. The Morgan fingerprint density at radius 1 is 0.833 bits per heavy atom. The summed E-state index contributed by atoms with van der Waals surface area (Å²) in [7, 11) is 0. The molecule has 0 aliphatic heterocycles. The minimum absolute atomic E-state index is 0.0204. The SMILES string of the molecule is O=C(Cc1ccc(F)c2ccccc12)N[C@H](Cc1ccc(C(F)(F)F)cc1)[C@@H](O)c1ccc(F)cc1. The molecule has 0 heterocycles. The van der Waals surface area contributed by atoms with Gasteiger partial charge >= 0.3 is 6.18 Å². The van der Waals surface area contributed by atoms with Crippen molar-refractivity contribution in [1.29, 1.82) is 0 Å². The van der Waals surface area contributed by atoms with E-state index in [0.717, 1.165) is 12.1 Å². The zero-order valence-corrected chi connectivity index (χ0v) is 18.9. The second-order valence-electron chi connectivity index (χ2n) is 8.50. The van der Waals surface area contributed by atoms with Gasteiger partial charge in [-0.3, -0.25) is 4.79 Å². The number of alkyl halides is 3. The number of aliphatic hydroxyl groups excluding tert-OH is 1. The van der Waals surface area contributed by atoms with E-state index in [4.69, 9.17) is 0 Å². The molecule has 0 aliphatic rings. The molecule has 0 unspecified atom stereocenters. The first-order valence-corrected chi connectivity index (χ1v) is 11.2. The predicted octanol–water partition coefficient (Wildman–Crippen LogP) is 6.14. The maximum absolute atomic E-state index is 14.1. The highest BCUT2D eigenvalue weighted by Gasteiger charge is 2.30. The Hall–Kier alpha value is -3.78. The third kappa shape index (κ3) is 5.88. The van der Waals surface area contributed by atoms with Gasteiger partial charge in [0.05, 0.1) is 24.1 Å². The minimum Gasteiger partial charge on any atom is -0.386 e. The van der Waals surface area contributed by atoms with Gasteiger partial charge < -0.3 is 10.4 Å². The van der Waals surface area contributed by atoms with Crippen LogP contribution in [-0.4, -0.2) is 17.1 Å². The van der Waals surface area contributed by atoms with E-state index >= 15 is 0 Å². The molecule has 0 bridgehead atoms. The zero-order chi connectivity index (χ0) is 25.9. The largest absolute Gasteiger partial charge is 0.416 e. The molecular weight excluding hydrogens is 477 g/mol. The number of hydrogen-bond acceptors (Lipinski definition) is 2. The molecule has 0 aliphatic carbocycles. The number of rotatable bonds is 7. The van der Waals surface area contributed by atoms with Crippen molar-refractivity contribution in [3.05, 3.63) is 119 Å². The summed E-state index contributed by atoms with van der Waals surface area (Å²) in [5, 5.41) is 14.7. The number of carbonyl (C=O) groups excluding carboxylic acids is 1. The molecule has 2 N–H and O–H groups in total. The van der Waals surface area contributed by atoms with Gasteiger partial charge in [0, 0.05) is 5.39 Å². The number of aliphatic hydroxyl groups is 1. The molecular formula is C28H22F5NO2. The highest BCUT2D eigenvalue weighted by molar-refractivity contribution is 5.90. The van der Waals surface area contributed by atoms with Gasteiger partial charge in [0.15, 0.2) is 0 Å². The molecule has 2 atom stereocenters. The van der Waals surface area contributed by atoms with Crippen LogP contribution in [0.2, 0.25) is 0 Å². The first kappa shape index (κ1) is 25.3. The molecule has 36 heavy (non-hydrogen) atoms. The summed E-state index contributed by atoms with van der Waals surface area (Å²) in [6.45, 7) is 0. The van der Waals surface area contributed by atoms with Gasteiger partial charge in [0.25, 0.3) is 0 Å². The standard InChI is InChI=1S/C28H22F5NO2/c29-21-12-7-18(8-13-21)27(36)25(15-17-5-10-20(11-6-17)28(31,32)33)34-26(35)16-19-9-14-24(30)23-4-2-1-3-22(19)23/h1-14,25,27,36H,15-16H2,(H,34,35)/t25-,27+/m1/s1. The van der Waals surface area contributed by atoms with Crippen molar-refractivity contribution in [1.82, 2.24) is 5.32 Å². The molecule has 4 rings (SSSR count). The van der Waals surface area contributed by atoms with E-state index < -0.39 is 41.4 Å². The van der Waals surface area contributed by atoms with Crippen LogP contribution < -0.4 is 5.32 Å². The number of fused-ring (bicyclic) bond motifs is 1. The highest BCUT2D eigenvalue weighted by Crippen LogP contribution is 2.30. The van der Waals surface area contributed by atoms with Crippen molar-refractivity contribution in [2.45, 2.75) is 31.2 Å². The molecule has 0 saturated carbocycles. The van der Waals surface area contributed by atoms with Crippen molar-refractivity contribution < 1.29 is 31.9 Å². The maximum atomic E-state index is 14.1. The Labute approximate surface area is 204 Å². The second-order valence-corrected chi connectivity index (χ2v) is 8.50. The number of halogens is 5. The van der Waals surface area contributed by atoms with Crippen LogP contribution in [0.25, 0.3) is 10.8 Å². The summed E-state index contributed by atoms with van der Waals surface area (Å²) in [4.78, 5) is 13.0. The highest BCUT2D eigenvalue weighted by atomic mass is 19.4. The van der Waals surface area contributed by atoms with Crippen molar-refractivity contribution >= 4 is 16.7 Å². The van der Waals surface area contributed by atoms with Crippen molar-refractivity contribution in [2.75, 3.05) is 0 Å². The maximum Gasteiger partial charge on any atom is 0.416 e. The van der Waals surface area contributed by atoms with E-state index in [2.05, 4.69) is 5.32 Å². The lowest BCUT2D eigenvalue weighted by Crippen LogP contribution is -2.41. The van der Waals surface area contributed by atoms with Crippen LogP contribution in [0.4, 0.5) is 22.0 Å². The van der Waals surface area contributed by atoms with Gasteiger partial charge in [-0.15, -0.1) is 0 Å². The van der Waals surface area contributed by atoms with E-state index in [1.807, 2.05) is 0 Å². The van der Waals surface area contributed by atoms with Gasteiger partial charge in [0.1, 0.15) is 11.6 Å². The quantitative estimate of drug-likeness (QED) is 0.300. The molecule has 3 nitrogen and oxygen atoms in total.